The molecule has 1 aliphatic heterocycles. The molecule has 3 amide bonds. The smallest absolute Gasteiger partial charge is 0.405 e. The Labute approximate surface area is 175 Å². The monoisotopic (exact) mass is 441 g/mol. The Hall–Kier alpha value is -2.94. The van der Waals surface area contributed by atoms with E-state index in [2.05, 4.69) is 5.32 Å². The standard InChI is InChI=1S/C20H19ClF3N3O3/c21-13-6-1-3-9-16(13)30-17-10-4-2-7-14(17)26-19(29)27-11-5-8-15(27)18(28)25-12-20(22,23)24/h1-4,6-7,9-10,15H,5,8,11-12H2,(H,25,28)(H,26,29). The summed E-state index contributed by atoms with van der Waals surface area (Å²) in [6, 6.07) is 11.9. The Morgan fingerprint density at radius 1 is 1.10 bits per heavy atom. The van der Waals surface area contributed by atoms with Gasteiger partial charge in [-0.05, 0) is 37.1 Å². The average Bonchev–Trinajstić information content (AvgIpc) is 3.19. The molecule has 160 valence electrons. The van der Waals surface area contributed by atoms with Gasteiger partial charge in [0, 0.05) is 6.54 Å². The Bertz CT molecular complexity index is 923. The molecule has 0 radical (unpaired) electrons. The van der Waals surface area contributed by atoms with Gasteiger partial charge < -0.3 is 20.3 Å². The Morgan fingerprint density at radius 3 is 2.47 bits per heavy atom. The lowest BCUT2D eigenvalue weighted by atomic mass is 10.2. The van der Waals surface area contributed by atoms with E-state index in [1.807, 2.05) is 5.32 Å². The molecule has 0 aliphatic carbocycles. The lowest BCUT2D eigenvalue weighted by Gasteiger charge is -2.25. The molecule has 6 nitrogen and oxygen atoms in total. The van der Waals surface area contributed by atoms with Gasteiger partial charge in [0.2, 0.25) is 5.91 Å². The van der Waals surface area contributed by atoms with E-state index in [1.54, 1.807) is 48.5 Å². The van der Waals surface area contributed by atoms with Gasteiger partial charge in [-0.15, -0.1) is 0 Å². The maximum absolute atomic E-state index is 12.7. The van der Waals surface area contributed by atoms with Gasteiger partial charge in [0.25, 0.3) is 0 Å². The Kier molecular flexibility index (Phi) is 6.71. The molecule has 2 aromatic carbocycles. The van der Waals surface area contributed by atoms with Gasteiger partial charge in [-0.1, -0.05) is 35.9 Å². The van der Waals surface area contributed by atoms with Crippen LogP contribution in [-0.4, -0.2) is 42.1 Å². The van der Waals surface area contributed by atoms with Gasteiger partial charge in [-0.3, -0.25) is 4.79 Å². The van der Waals surface area contributed by atoms with E-state index in [0.717, 1.165) is 0 Å². The van der Waals surface area contributed by atoms with Crippen LogP contribution in [0.1, 0.15) is 12.8 Å². The van der Waals surface area contributed by atoms with Crippen LogP contribution in [0, 0.1) is 0 Å². The highest BCUT2D eigenvalue weighted by atomic mass is 35.5. The van der Waals surface area contributed by atoms with E-state index in [1.165, 1.54) is 4.90 Å². The van der Waals surface area contributed by atoms with Gasteiger partial charge >= 0.3 is 12.2 Å². The molecule has 10 heteroatoms. The van der Waals surface area contributed by atoms with E-state index in [-0.39, 0.29) is 13.0 Å². The summed E-state index contributed by atoms with van der Waals surface area (Å²) in [5.41, 5.74) is 0.337. The molecule has 1 atom stereocenters. The quantitative estimate of drug-likeness (QED) is 0.699. The van der Waals surface area contributed by atoms with Crippen molar-refractivity contribution in [3.63, 3.8) is 0 Å². The van der Waals surface area contributed by atoms with Crippen molar-refractivity contribution < 1.29 is 27.5 Å². The van der Waals surface area contributed by atoms with Crippen molar-refractivity contribution in [2.24, 2.45) is 0 Å². The highest BCUT2D eigenvalue weighted by Gasteiger charge is 2.36. The zero-order valence-corrected chi connectivity index (χ0v) is 16.5. The first-order valence-corrected chi connectivity index (χ1v) is 9.56. The molecule has 1 saturated heterocycles. The number of likely N-dealkylation sites (tertiary alicyclic amines) is 1. The predicted molar refractivity (Wildman–Crippen MR) is 106 cm³/mol. The second-order valence-corrected chi connectivity index (χ2v) is 7.05. The van der Waals surface area contributed by atoms with Crippen LogP contribution in [0.4, 0.5) is 23.7 Å². The van der Waals surface area contributed by atoms with Crippen molar-refractivity contribution in [2.75, 3.05) is 18.4 Å². The summed E-state index contributed by atoms with van der Waals surface area (Å²) in [5.74, 6) is -0.108. The predicted octanol–water partition coefficient (Wildman–Crippen LogP) is 4.81. The van der Waals surface area contributed by atoms with Gasteiger partial charge in [0.1, 0.15) is 18.3 Å². The number of anilines is 1. The second-order valence-electron chi connectivity index (χ2n) is 6.64. The van der Waals surface area contributed by atoms with Crippen LogP contribution in [0.5, 0.6) is 11.5 Å². The van der Waals surface area contributed by atoms with Crippen LogP contribution in [-0.2, 0) is 4.79 Å². The van der Waals surface area contributed by atoms with Gasteiger partial charge in [0.15, 0.2) is 5.75 Å². The third-order valence-electron chi connectivity index (χ3n) is 4.46. The number of hydrogen-bond acceptors (Lipinski definition) is 3. The summed E-state index contributed by atoms with van der Waals surface area (Å²) < 4.78 is 42.9. The fourth-order valence-corrected chi connectivity index (χ4v) is 3.25. The molecule has 2 aromatic rings. The number of hydrogen-bond donors (Lipinski definition) is 2. The van der Waals surface area contributed by atoms with Gasteiger partial charge in [0.05, 0.1) is 10.7 Å². The molecule has 1 aliphatic rings. The molecule has 2 N–H and O–H groups in total. The molecule has 0 spiro atoms. The summed E-state index contributed by atoms with van der Waals surface area (Å²) in [6.07, 6.45) is -3.72. The molecular formula is C20H19ClF3N3O3. The van der Waals surface area contributed by atoms with E-state index in [9.17, 15) is 22.8 Å². The summed E-state index contributed by atoms with van der Waals surface area (Å²) >= 11 is 6.11. The molecule has 1 fully saturated rings. The largest absolute Gasteiger partial charge is 0.454 e. The highest BCUT2D eigenvalue weighted by Crippen LogP contribution is 2.33. The van der Waals surface area contributed by atoms with Crippen LogP contribution in [0.3, 0.4) is 0 Å². The minimum atomic E-state index is -4.52. The summed E-state index contributed by atoms with van der Waals surface area (Å²) in [4.78, 5) is 26.1. The van der Waals surface area contributed by atoms with Crippen molar-refractivity contribution in [1.82, 2.24) is 10.2 Å². The van der Waals surface area contributed by atoms with Crippen LogP contribution >= 0.6 is 11.6 Å². The number of carbonyl (C=O) groups is 2. The van der Waals surface area contributed by atoms with E-state index in [0.29, 0.717) is 28.6 Å². The van der Waals surface area contributed by atoms with Gasteiger partial charge in [-0.2, -0.15) is 13.2 Å². The van der Waals surface area contributed by atoms with Crippen molar-refractivity contribution in [2.45, 2.75) is 25.1 Å². The number of rotatable bonds is 5. The van der Waals surface area contributed by atoms with Crippen molar-refractivity contribution in [1.29, 1.82) is 0 Å². The number of carbonyl (C=O) groups excluding carboxylic acids is 2. The number of halogens is 4. The zero-order valence-electron chi connectivity index (χ0n) is 15.7. The molecule has 1 heterocycles. The number of alkyl halides is 3. The molecule has 0 aromatic heterocycles. The second kappa shape index (κ2) is 9.25. The molecule has 3 rings (SSSR count). The third-order valence-corrected chi connectivity index (χ3v) is 4.78. The fourth-order valence-electron chi connectivity index (χ4n) is 3.08. The Morgan fingerprint density at radius 2 is 1.77 bits per heavy atom. The summed E-state index contributed by atoms with van der Waals surface area (Å²) in [5, 5.41) is 4.89. The summed E-state index contributed by atoms with van der Waals surface area (Å²) in [7, 11) is 0. The number of nitrogens with zero attached hydrogens (tertiary/aromatic N) is 1. The lowest BCUT2D eigenvalue weighted by molar-refractivity contribution is -0.140. The normalized spacial score (nSPS) is 16.3. The summed E-state index contributed by atoms with van der Waals surface area (Å²) in [6.45, 7) is -1.18. The van der Waals surface area contributed by atoms with E-state index < -0.39 is 30.7 Å². The molecule has 1 unspecified atom stereocenters. The van der Waals surface area contributed by atoms with Crippen LogP contribution < -0.4 is 15.4 Å². The van der Waals surface area contributed by atoms with Crippen molar-refractivity contribution in [3.05, 3.63) is 53.6 Å². The van der Waals surface area contributed by atoms with E-state index in [4.69, 9.17) is 16.3 Å². The Balaban J connectivity index is 1.70. The molecular weight excluding hydrogens is 423 g/mol. The van der Waals surface area contributed by atoms with Gasteiger partial charge in [-0.25, -0.2) is 4.79 Å². The van der Waals surface area contributed by atoms with Crippen LogP contribution in [0.15, 0.2) is 48.5 Å². The maximum atomic E-state index is 12.7. The van der Waals surface area contributed by atoms with Crippen LogP contribution in [0.2, 0.25) is 5.02 Å². The topological polar surface area (TPSA) is 70.7 Å². The first kappa shape index (κ1) is 21.8. The minimum Gasteiger partial charge on any atom is -0.454 e. The highest BCUT2D eigenvalue weighted by molar-refractivity contribution is 6.32. The number of benzene rings is 2. The number of para-hydroxylation sites is 3. The zero-order chi connectivity index (χ0) is 21.7. The number of ether oxygens (including phenoxy) is 1. The SMILES string of the molecule is O=C(NCC(F)(F)F)C1CCCN1C(=O)Nc1ccccc1Oc1ccccc1Cl. The molecule has 30 heavy (non-hydrogen) atoms. The molecule has 0 bridgehead atoms. The first-order valence-electron chi connectivity index (χ1n) is 9.18. The van der Waals surface area contributed by atoms with E-state index >= 15 is 0 Å². The number of urea groups is 1. The van der Waals surface area contributed by atoms with Crippen molar-refractivity contribution >= 4 is 29.2 Å². The first-order chi connectivity index (χ1) is 14.2. The fraction of sp³-hybridized carbons (Fsp3) is 0.300. The minimum absolute atomic E-state index is 0.253. The molecule has 0 saturated carbocycles. The van der Waals surface area contributed by atoms with Crippen LogP contribution in [0.25, 0.3) is 0 Å². The maximum Gasteiger partial charge on any atom is 0.405 e. The number of nitrogens with one attached hydrogen (secondary N) is 2. The number of amides is 3. The van der Waals surface area contributed by atoms with Crippen molar-refractivity contribution in [3.8, 4) is 11.5 Å². The third kappa shape index (κ3) is 5.56. The lowest BCUT2D eigenvalue weighted by Crippen LogP contribution is -2.49. The average molecular weight is 442 g/mol.